The minimum absolute atomic E-state index is 0. The number of ketones is 1. The molecule has 2 heterocycles. The second kappa shape index (κ2) is 12.1. The van der Waals surface area contributed by atoms with Crippen molar-refractivity contribution in [3.63, 3.8) is 0 Å². The molecule has 1 N–H and O–H groups in total. The third-order valence-electron chi connectivity index (χ3n) is 6.76. The van der Waals surface area contributed by atoms with Gasteiger partial charge in [-0.05, 0) is 66.3 Å². The number of carbonyl (C=O) groups is 1. The summed E-state index contributed by atoms with van der Waals surface area (Å²) in [6.45, 7) is 7.39. The summed E-state index contributed by atoms with van der Waals surface area (Å²) in [6, 6.07) is 31.0. The molecule has 0 amide bonds. The average Bonchev–Trinajstić information content (AvgIpc) is 3.28. The van der Waals surface area contributed by atoms with Crippen LogP contribution in [0.5, 0.6) is 0 Å². The molecule has 0 unspecified atom stereocenters. The van der Waals surface area contributed by atoms with E-state index >= 15 is 0 Å². The van der Waals surface area contributed by atoms with Gasteiger partial charge in [0.25, 0.3) is 0 Å². The van der Waals surface area contributed by atoms with E-state index in [1.165, 1.54) is 41.6 Å². The van der Waals surface area contributed by atoms with Crippen LogP contribution in [0.1, 0.15) is 33.3 Å². The van der Waals surface area contributed by atoms with Gasteiger partial charge in [0.15, 0.2) is 5.78 Å². The van der Waals surface area contributed by atoms with E-state index in [0.29, 0.717) is 5.92 Å². The molecule has 1 radical (unpaired) electrons. The fraction of sp³-hybridized carbons (Fsp3) is 0.171. The summed E-state index contributed by atoms with van der Waals surface area (Å²) in [5, 5.41) is 14.4. The van der Waals surface area contributed by atoms with Gasteiger partial charge >= 0.3 is 0 Å². The molecule has 6 rings (SSSR count). The topological polar surface area (TPSA) is 54.3 Å². The van der Waals surface area contributed by atoms with Crippen molar-refractivity contribution in [2.75, 3.05) is 0 Å². The van der Waals surface area contributed by atoms with Gasteiger partial charge in [-0.3, -0.25) is 4.79 Å². The number of fused-ring (bicyclic) bond motifs is 6. The maximum Gasteiger partial charge on any atom is 0.155 e. The van der Waals surface area contributed by atoms with Gasteiger partial charge in [-0.15, -0.1) is 18.2 Å². The van der Waals surface area contributed by atoms with Gasteiger partial charge in [0.1, 0.15) is 16.8 Å². The van der Waals surface area contributed by atoms with Crippen molar-refractivity contribution in [2.45, 2.75) is 34.1 Å². The number of benzene rings is 4. The van der Waals surface area contributed by atoms with Crippen molar-refractivity contribution in [1.29, 1.82) is 0 Å². The molecule has 2 aromatic heterocycles. The van der Waals surface area contributed by atoms with Crippen LogP contribution in [-0.4, -0.2) is 10.9 Å². The molecule has 0 atom stereocenters. The number of para-hydroxylation sites is 1. The summed E-state index contributed by atoms with van der Waals surface area (Å²) in [7, 11) is 4.47. The first kappa shape index (κ1) is 29.1. The number of nitrogens with zero attached hydrogens (tertiary/aromatic N) is 1. The first-order valence-corrected chi connectivity index (χ1v) is 13.1. The number of aromatic nitrogens is 1. The molecular weight excluding hydrogens is 675 g/mol. The molecule has 0 saturated carbocycles. The molecule has 6 aromatic rings. The van der Waals surface area contributed by atoms with E-state index < -0.39 is 0 Å². The number of rotatable bonds is 4. The molecule has 4 nitrogen and oxygen atoms in total. The summed E-state index contributed by atoms with van der Waals surface area (Å²) in [6.07, 6.45) is 2.16. The molecule has 0 fully saturated rings. The van der Waals surface area contributed by atoms with Crippen molar-refractivity contribution in [1.82, 2.24) is 0 Å². The molecule has 40 heavy (non-hydrogen) atoms. The minimum atomic E-state index is -0.125. The molecule has 0 bridgehead atoms. The van der Waals surface area contributed by atoms with Crippen molar-refractivity contribution in [2.24, 2.45) is 5.92 Å². The molecule has 0 aliphatic heterocycles. The third kappa shape index (κ3) is 5.67. The van der Waals surface area contributed by atoms with Crippen molar-refractivity contribution in [3.05, 3.63) is 109 Å². The monoisotopic (exact) mass is 707 g/mol. The van der Waals surface area contributed by atoms with Crippen LogP contribution in [0, 0.1) is 19.0 Å². The number of allylic oxidation sites excluding steroid dienone is 2. The Labute approximate surface area is 248 Å². The molecule has 0 saturated heterocycles. The van der Waals surface area contributed by atoms with Crippen molar-refractivity contribution >= 4 is 49.4 Å². The molecule has 5 heteroatoms. The van der Waals surface area contributed by atoms with Gasteiger partial charge in [-0.1, -0.05) is 67.8 Å². The normalized spacial score (nSPS) is 11.6. The smallest absolute Gasteiger partial charge is 0.155 e. The van der Waals surface area contributed by atoms with E-state index in [9.17, 15) is 4.79 Å². The zero-order valence-electron chi connectivity index (χ0n) is 23.1. The molecule has 0 spiro atoms. The van der Waals surface area contributed by atoms with E-state index in [4.69, 9.17) is 9.52 Å². The Kier molecular flexibility index (Phi) is 8.78. The van der Waals surface area contributed by atoms with Crippen LogP contribution in [0.2, 0.25) is 0 Å². The van der Waals surface area contributed by atoms with Crippen LogP contribution in [0.15, 0.2) is 95.1 Å². The maximum absolute atomic E-state index is 10.0. The Bertz CT molecular complexity index is 1880. The van der Waals surface area contributed by atoms with Crippen LogP contribution in [0.25, 0.3) is 54.9 Å². The Balaban J connectivity index is 0.000000413. The zero-order valence-corrected chi connectivity index (χ0v) is 25.5. The first-order chi connectivity index (χ1) is 18.7. The fourth-order valence-corrected chi connectivity index (χ4v) is 5.25. The first-order valence-electron chi connectivity index (χ1n) is 13.1. The van der Waals surface area contributed by atoms with E-state index in [-0.39, 0.29) is 31.6 Å². The molecular formula is C35H32IrNO3-. The molecule has 0 aliphatic rings. The molecule has 0 aliphatic carbocycles. The number of pyridine rings is 1. The Morgan fingerprint density at radius 1 is 1.00 bits per heavy atom. The van der Waals surface area contributed by atoms with Crippen LogP contribution < -0.4 is 4.57 Å². The van der Waals surface area contributed by atoms with E-state index in [1.807, 2.05) is 22.8 Å². The summed E-state index contributed by atoms with van der Waals surface area (Å²) >= 11 is 0. The zero-order chi connectivity index (χ0) is 27.7. The predicted octanol–water partition coefficient (Wildman–Crippen LogP) is 8.52. The summed E-state index contributed by atoms with van der Waals surface area (Å²) < 4.78 is 8.37. The Morgan fingerprint density at radius 3 is 2.38 bits per heavy atom. The van der Waals surface area contributed by atoms with Crippen LogP contribution >= 0.6 is 0 Å². The number of furan rings is 1. The average molecular weight is 707 g/mol. The number of aliphatic hydroxyl groups is 1. The largest absolute Gasteiger partial charge is 0.512 e. The number of carbonyl (C=O) groups excluding carboxylic acids is 1. The van der Waals surface area contributed by atoms with Crippen LogP contribution in [-0.2, 0) is 31.3 Å². The maximum atomic E-state index is 10.0. The Morgan fingerprint density at radius 2 is 1.70 bits per heavy atom. The number of hydrogen-bond acceptors (Lipinski definition) is 3. The van der Waals surface area contributed by atoms with Crippen molar-refractivity contribution in [3.8, 4) is 11.3 Å². The predicted molar refractivity (Wildman–Crippen MR) is 160 cm³/mol. The SMILES string of the molecule is CC(=O)/C=C(/C)O.[CH2-][n+]1c(-c2[c-]ccc3c2oc2ccccc23)cc(CC(C)C)c2c3ccccc3ccc21.[Ir]. The summed E-state index contributed by atoms with van der Waals surface area (Å²) in [4.78, 5) is 10.0. The standard InChI is InChI=1S/C30H24NO.C5H8O2.Ir/c1-19(2)17-21-18-27(31(3)26-16-15-20-9-4-5-10-22(20)29(21)26)25-13-8-12-24-23-11-6-7-14-28(23)32-30(24)25;1-4(6)3-5(2)7;/h4-12,14-16,18-19H,3,17H2,1-2H3;3,6H,1-2H3;/q-1;;/b;4-3-;. The third-order valence-corrected chi connectivity index (χ3v) is 6.76. The van der Waals surface area contributed by atoms with Crippen molar-refractivity contribution < 1.29 is 39.0 Å². The molecule has 4 aromatic carbocycles. The van der Waals surface area contributed by atoms with Gasteiger partial charge in [-0.2, -0.15) is 0 Å². The fourth-order valence-electron chi connectivity index (χ4n) is 5.25. The van der Waals surface area contributed by atoms with E-state index in [2.05, 4.69) is 87.6 Å². The molecule has 205 valence electrons. The van der Waals surface area contributed by atoms with Crippen LogP contribution in [0.3, 0.4) is 0 Å². The van der Waals surface area contributed by atoms with Gasteiger partial charge in [0, 0.05) is 44.0 Å². The summed E-state index contributed by atoms with van der Waals surface area (Å²) in [5.74, 6) is 0.476. The number of hydrogen-bond donors (Lipinski definition) is 1. The van der Waals surface area contributed by atoms with Gasteiger partial charge < -0.3 is 14.1 Å². The quantitative estimate of drug-likeness (QED) is 0.0658. The summed E-state index contributed by atoms with van der Waals surface area (Å²) in [5.41, 5.74) is 6.19. The van der Waals surface area contributed by atoms with Gasteiger partial charge in [0.05, 0.1) is 11.3 Å². The second-order valence-electron chi connectivity index (χ2n) is 10.4. The number of aliphatic hydroxyl groups excluding tert-OH is 1. The van der Waals surface area contributed by atoms with Crippen LogP contribution in [0.4, 0.5) is 0 Å². The second-order valence-corrected chi connectivity index (χ2v) is 10.4. The van der Waals surface area contributed by atoms with E-state index in [0.717, 1.165) is 45.1 Å². The van der Waals surface area contributed by atoms with E-state index in [1.54, 1.807) is 0 Å². The minimum Gasteiger partial charge on any atom is -0.512 e. The van der Waals surface area contributed by atoms with Gasteiger partial charge in [0.2, 0.25) is 0 Å². The van der Waals surface area contributed by atoms with Gasteiger partial charge in [-0.25, -0.2) is 0 Å². The Hall–Kier alpha value is -3.92.